The van der Waals surface area contributed by atoms with Gasteiger partial charge in [0.05, 0.1) is 17.9 Å². The second-order valence-electron chi connectivity index (χ2n) is 8.03. The second kappa shape index (κ2) is 6.08. The fraction of sp³-hybridized carbons (Fsp3) is 0.192. The largest absolute Gasteiger partial charge is 0.504 e. The standard InChI is InChI=1S/C26H21NO2/c1-29-22-11-10-16-13-21-23-15(6-2-5-9-19(23)24(16)26(22)28)12-20-18-8-4-3-7-17(18)14-27-25(20)21/h3-4,7-8,10-14,28H,2,5-6,9H2,1H3/p+1. The van der Waals surface area contributed by atoms with Gasteiger partial charge in [-0.1, -0.05) is 24.3 Å². The summed E-state index contributed by atoms with van der Waals surface area (Å²) in [6, 6.07) is 17.1. The fourth-order valence-electron chi connectivity index (χ4n) is 5.18. The molecule has 0 bridgehead atoms. The average Bonchev–Trinajstić information content (AvgIpc) is 2.97. The maximum Gasteiger partial charge on any atom is 0.219 e. The molecule has 1 aromatic heterocycles. The Morgan fingerprint density at radius 2 is 1.72 bits per heavy atom. The van der Waals surface area contributed by atoms with E-state index in [1.54, 1.807) is 7.11 Å². The van der Waals surface area contributed by atoms with Crippen molar-refractivity contribution in [2.24, 2.45) is 0 Å². The van der Waals surface area contributed by atoms with Crippen molar-refractivity contribution in [2.45, 2.75) is 25.7 Å². The Kier molecular flexibility index (Phi) is 3.48. The van der Waals surface area contributed by atoms with E-state index in [0.717, 1.165) is 36.5 Å². The maximum absolute atomic E-state index is 10.9. The summed E-state index contributed by atoms with van der Waals surface area (Å²) in [6.07, 6.45) is 6.43. The Hall–Kier alpha value is -3.33. The van der Waals surface area contributed by atoms with Crippen molar-refractivity contribution in [3.8, 4) is 11.5 Å². The summed E-state index contributed by atoms with van der Waals surface area (Å²) in [5.74, 6) is 0.801. The van der Waals surface area contributed by atoms with E-state index in [0.29, 0.717) is 5.75 Å². The number of phenols is 1. The molecular weight excluding hydrogens is 358 g/mol. The Morgan fingerprint density at radius 1 is 0.862 bits per heavy atom. The molecule has 0 saturated heterocycles. The zero-order valence-corrected chi connectivity index (χ0v) is 16.4. The zero-order chi connectivity index (χ0) is 19.5. The summed E-state index contributed by atoms with van der Waals surface area (Å²) >= 11 is 0. The Balaban J connectivity index is 1.87. The van der Waals surface area contributed by atoms with Crippen LogP contribution in [0.3, 0.4) is 0 Å². The van der Waals surface area contributed by atoms with Gasteiger partial charge >= 0.3 is 0 Å². The van der Waals surface area contributed by atoms with Crippen molar-refractivity contribution < 1.29 is 14.8 Å². The number of benzene rings is 4. The molecule has 0 amide bonds. The monoisotopic (exact) mass is 380 g/mol. The Morgan fingerprint density at radius 3 is 2.62 bits per heavy atom. The van der Waals surface area contributed by atoms with Gasteiger partial charge in [0.1, 0.15) is 0 Å². The summed E-state index contributed by atoms with van der Waals surface area (Å²) < 4.78 is 5.41. The number of H-pyrrole nitrogens is 1. The van der Waals surface area contributed by atoms with Crippen LogP contribution in [0.4, 0.5) is 0 Å². The summed E-state index contributed by atoms with van der Waals surface area (Å²) in [4.78, 5) is 3.57. The van der Waals surface area contributed by atoms with Crippen molar-refractivity contribution >= 4 is 43.2 Å². The Labute approximate surface area is 168 Å². The molecular formula is C26H22NO2+. The molecule has 1 aliphatic rings. The number of hydrogen-bond donors (Lipinski definition) is 1. The molecule has 0 radical (unpaired) electrons. The number of aromatic hydroxyl groups is 1. The van der Waals surface area contributed by atoms with E-state index in [1.807, 2.05) is 6.07 Å². The van der Waals surface area contributed by atoms with E-state index < -0.39 is 0 Å². The molecule has 1 aliphatic carbocycles. The number of methoxy groups -OCH3 is 1. The van der Waals surface area contributed by atoms with Crippen LogP contribution in [-0.4, -0.2) is 12.2 Å². The first-order chi connectivity index (χ1) is 14.3. The van der Waals surface area contributed by atoms with Crippen LogP contribution >= 0.6 is 0 Å². The quantitative estimate of drug-likeness (QED) is 0.299. The smallest absolute Gasteiger partial charge is 0.219 e. The highest BCUT2D eigenvalue weighted by Crippen LogP contribution is 2.44. The van der Waals surface area contributed by atoms with Crippen LogP contribution in [0, 0.1) is 0 Å². The number of phenolic OH excluding ortho intramolecular Hbond substituents is 1. The molecule has 29 heavy (non-hydrogen) atoms. The van der Waals surface area contributed by atoms with Gasteiger partial charge in [-0.15, -0.1) is 0 Å². The fourth-order valence-corrected chi connectivity index (χ4v) is 5.18. The minimum atomic E-state index is 0.261. The molecule has 3 nitrogen and oxygen atoms in total. The van der Waals surface area contributed by atoms with Crippen LogP contribution in [0.2, 0.25) is 0 Å². The summed E-state index contributed by atoms with van der Waals surface area (Å²) in [5, 5.41) is 19.3. The van der Waals surface area contributed by atoms with Gasteiger partial charge in [0.2, 0.25) is 5.52 Å². The maximum atomic E-state index is 10.9. The van der Waals surface area contributed by atoms with Crippen molar-refractivity contribution in [1.82, 2.24) is 0 Å². The average molecular weight is 380 g/mol. The van der Waals surface area contributed by atoms with Gasteiger partial charge in [-0.2, -0.15) is 0 Å². The summed E-state index contributed by atoms with van der Waals surface area (Å²) in [5.41, 5.74) is 3.81. The highest BCUT2D eigenvalue weighted by atomic mass is 16.5. The van der Waals surface area contributed by atoms with E-state index >= 15 is 0 Å². The first-order valence-electron chi connectivity index (χ1n) is 10.3. The number of aromatic amines is 1. The van der Waals surface area contributed by atoms with Gasteiger partial charge in [0.15, 0.2) is 17.7 Å². The third-order valence-corrected chi connectivity index (χ3v) is 6.49. The number of aromatic nitrogens is 1. The van der Waals surface area contributed by atoms with E-state index in [1.165, 1.54) is 43.6 Å². The second-order valence-corrected chi connectivity index (χ2v) is 8.03. The Bertz CT molecular complexity index is 1450. The van der Waals surface area contributed by atoms with Crippen LogP contribution < -0.4 is 9.72 Å². The summed E-state index contributed by atoms with van der Waals surface area (Å²) in [6.45, 7) is 0. The van der Waals surface area contributed by atoms with Gasteiger partial charge in [0, 0.05) is 16.2 Å². The molecule has 3 heteroatoms. The first-order valence-corrected chi connectivity index (χ1v) is 10.3. The van der Waals surface area contributed by atoms with Crippen molar-refractivity contribution in [3.05, 3.63) is 65.9 Å². The van der Waals surface area contributed by atoms with Crippen LogP contribution in [0.5, 0.6) is 11.5 Å². The number of fused-ring (bicyclic) bond motifs is 6. The third-order valence-electron chi connectivity index (χ3n) is 6.49. The lowest BCUT2D eigenvalue weighted by atomic mass is 9.89. The van der Waals surface area contributed by atoms with E-state index in [9.17, 15) is 5.11 Å². The van der Waals surface area contributed by atoms with E-state index in [4.69, 9.17) is 4.74 Å². The molecule has 5 aromatic rings. The molecule has 0 saturated carbocycles. The molecule has 0 unspecified atom stereocenters. The summed E-state index contributed by atoms with van der Waals surface area (Å²) in [7, 11) is 1.61. The van der Waals surface area contributed by atoms with Crippen LogP contribution in [-0.2, 0) is 12.8 Å². The lowest BCUT2D eigenvalue weighted by Crippen LogP contribution is -2.05. The number of pyridine rings is 1. The van der Waals surface area contributed by atoms with Gasteiger partial charge < -0.3 is 9.84 Å². The molecule has 6 rings (SSSR count). The van der Waals surface area contributed by atoms with Crippen LogP contribution in [0.15, 0.2) is 54.7 Å². The van der Waals surface area contributed by atoms with Gasteiger partial charge in [-0.3, -0.25) is 0 Å². The number of hydrogen-bond acceptors (Lipinski definition) is 2. The molecule has 0 atom stereocenters. The molecule has 4 aromatic carbocycles. The van der Waals surface area contributed by atoms with Crippen molar-refractivity contribution in [1.29, 1.82) is 0 Å². The van der Waals surface area contributed by atoms with Gasteiger partial charge in [0.25, 0.3) is 0 Å². The number of aryl methyl sites for hydroxylation is 2. The predicted octanol–water partition coefficient (Wildman–Crippen LogP) is 5.71. The van der Waals surface area contributed by atoms with Crippen LogP contribution in [0.25, 0.3) is 43.2 Å². The molecule has 0 spiro atoms. The number of nitrogens with one attached hydrogen (secondary N) is 1. The van der Waals surface area contributed by atoms with Crippen molar-refractivity contribution in [2.75, 3.05) is 7.11 Å². The first kappa shape index (κ1) is 16.6. The van der Waals surface area contributed by atoms with E-state index in [2.05, 4.69) is 53.6 Å². The minimum absolute atomic E-state index is 0.261. The highest BCUT2D eigenvalue weighted by Gasteiger charge is 2.22. The van der Waals surface area contributed by atoms with E-state index in [-0.39, 0.29) is 5.75 Å². The third kappa shape index (κ3) is 2.27. The van der Waals surface area contributed by atoms with Crippen LogP contribution in [0.1, 0.15) is 24.0 Å². The SMILES string of the molecule is COc1ccc2cc3c4c(cc5c6ccccc6c[nH+]c35)CCCCc4c2c1O. The topological polar surface area (TPSA) is 43.6 Å². The predicted molar refractivity (Wildman–Crippen MR) is 118 cm³/mol. The van der Waals surface area contributed by atoms with Gasteiger partial charge in [-0.25, -0.2) is 4.98 Å². The normalized spacial score (nSPS) is 14.0. The zero-order valence-electron chi connectivity index (χ0n) is 16.4. The lowest BCUT2D eigenvalue weighted by Gasteiger charge is -2.15. The highest BCUT2D eigenvalue weighted by molar-refractivity contribution is 6.19. The molecule has 0 aliphatic heterocycles. The van der Waals surface area contributed by atoms with Crippen molar-refractivity contribution in [3.63, 3.8) is 0 Å². The molecule has 1 heterocycles. The molecule has 142 valence electrons. The number of ether oxygens (including phenoxy) is 1. The van der Waals surface area contributed by atoms with Gasteiger partial charge in [-0.05, 0) is 71.8 Å². The molecule has 0 fully saturated rings. The number of rotatable bonds is 1. The minimum Gasteiger partial charge on any atom is -0.504 e. The molecule has 2 N–H and O–H groups in total. The lowest BCUT2D eigenvalue weighted by molar-refractivity contribution is -0.341.